The van der Waals surface area contributed by atoms with Crippen LogP contribution in [0, 0.1) is 6.92 Å². The molecule has 0 radical (unpaired) electrons. The van der Waals surface area contributed by atoms with Crippen LogP contribution in [-0.4, -0.2) is 32.6 Å². The molecule has 0 atom stereocenters. The molecular weight excluding hydrogens is 342 g/mol. The first kappa shape index (κ1) is 18.8. The fourth-order valence-electron chi connectivity index (χ4n) is 3.01. The maximum absolute atomic E-state index is 12.9. The van der Waals surface area contributed by atoms with E-state index in [0.29, 0.717) is 11.5 Å². The van der Waals surface area contributed by atoms with Gasteiger partial charge in [-0.25, -0.2) is 9.50 Å². The summed E-state index contributed by atoms with van der Waals surface area (Å²) in [5.74, 6) is 1.42. The Morgan fingerprint density at radius 1 is 1.15 bits per heavy atom. The highest BCUT2D eigenvalue weighted by atomic mass is 16.5. The molecule has 0 unspecified atom stereocenters. The number of hydrogen-bond donors (Lipinski definition) is 1. The van der Waals surface area contributed by atoms with Crippen molar-refractivity contribution in [1.82, 2.24) is 19.6 Å². The summed E-state index contributed by atoms with van der Waals surface area (Å²) in [6.45, 7) is 10.2. The number of carbonyl (C=O) groups excluding carboxylic acids is 1. The molecule has 7 heteroatoms. The number of nitrogens with zero attached hydrogens (tertiary/aromatic N) is 4. The maximum atomic E-state index is 12.9. The minimum absolute atomic E-state index is 0.180. The highest BCUT2D eigenvalue weighted by Gasteiger charge is 2.18. The van der Waals surface area contributed by atoms with Crippen molar-refractivity contribution < 1.29 is 9.53 Å². The molecule has 1 aromatic carbocycles. The van der Waals surface area contributed by atoms with Crippen molar-refractivity contribution in [1.29, 1.82) is 0 Å². The molecular formula is C20H25N5O2. The Hall–Kier alpha value is -2.96. The predicted octanol–water partition coefficient (Wildman–Crippen LogP) is 3.94. The van der Waals surface area contributed by atoms with Crippen LogP contribution in [0.4, 0.5) is 5.69 Å². The number of rotatable bonds is 5. The summed E-state index contributed by atoms with van der Waals surface area (Å²) < 4.78 is 7.13. The smallest absolute Gasteiger partial charge is 0.274 e. The molecule has 0 fully saturated rings. The van der Waals surface area contributed by atoms with Crippen molar-refractivity contribution >= 4 is 17.4 Å². The van der Waals surface area contributed by atoms with Gasteiger partial charge in [-0.1, -0.05) is 27.7 Å². The van der Waals surface area contributed by atoms with Gasteiger partial charge in [0.2, 0.25) is 0 Å². The zero-order valence-corrected chi connectivity index (χ0v) is 16.6. The van der Waals surface area contributed by atoms with Crippen molar-refractivity contribution in [2.75, 3.05) is 12.4 Å². The molecule has 2 heterocycles. The quantitative estimate of drug-likeness (QED) is 0.739. The van der Waals surface area contributed by atoms with Gasteiger partial charge in [0.05, 0.1) is 12.8 Å². The largest absolute Gasteiger partial charge is 0.496 e. The van der Waals surface area contributed by atoms with Gasteiger partial charge in [-0.15, -0.1) is 0 Å². The van der Waals surface area contributed by atoms with E-state index in [9.17, 15) is 4.79 Å². The molecule has 0 bridgehead atoms. The second kappa shape index (κ2) is 7.34. The van der Waals surface area contributed by atoms with E-state index in [2.05, 4.69) is 34.2 Å². The SMILES string of the molecule is COc1cc(C)c(NC(=O)c2cc(C(C)C)n3ncnc3n2)cc1C(C)C. The third kappa shape index (κ3) is 3.63. The normalized spacial score (nSPS) is 11.4. The van der Waals surface area contributed by atoms with Crippen LogP contribution in [0.15, 0.2) is 24.5 Å². The molecule has 0 aliphatic heterocycles. The van der Waals surface area contributed by atoms with Crippen LogP contribution < -0.4 is 10.1 Å². The Bertz CT molecular complexity index is 991. The number of anilines is 1. The van der Waals surface area contributed by atoms with Crippen molar-refractivity contribution in [3.63, 3.8) is 0 Å². The number of nitrogens with one attached hydrogen (secondary N) is 1. The number of benzene rings is 1. The summed E-state index contributed by atoms with van der Waals surface area (Å²) >= 11 is 0. The molecule has 0 saturated heterocycles. The van der Waals surface area contributed by atoms with E-state index in [-0.39, 0.29) is 17.7 Å². The van der Waals surface area contributed by atoms with Crippen LogP contribution in [0.1, 0.15) is 66.8 Å². The lowest BCUT2D eigenvalue weighted by molar-refractivity contribution is 0.102. The Balaban J connectivity index is 1.98. The molecule has 3 rings (SSSR count). The lowest BCUT2D eigenvalue weighted by Gasteiger charge is -2.17. The van der Waals surface area contributed by atoms with E-state index >= 15 is 0 Å². The standard InChI is InChI=1S/C20H25N5O2/c1-11(2)14-8-15(13(5)7-18(14)27-6)23-19(26)16-9-17(12(3)4)25-20(24-16)21-10-22-25/h7-12H,1-6H3,(H,23,26). The highest BCUT2D eigenvalue weighted by molar-refractivity contribution is 6.03. The van der Waals surface area contributed by atoms with E-state index in [1.54, 1.807) is 17.7 Å². The Morgan fingerprint density at radius 2 is 1.89 bits per heavy atom. The van der Waals surface area contributed by atoms with Gasteiger partial charge in [0.15, 0.2) is 0 Å². The maximum Gasteiger partial charge on any atom is 0.274 e. The predicted molar refractivity (Wildman–Crippen MR) is 105 cm³/mol. The number of methoxy groups -OCH3 is 1. The average Bonchev–Trinajstić information content (AvgIpc) is 3.10. The lowest BCUT2D eigenvalue weighted by atomic mass is 9.99. The lowest BCUT2D eigenvalue weighted by Crippen LogP contribution is -2.17. The minimum atomic E-state index is -0.273. The van der Waals surface area contributed by atoms with Gasteiger partial charge in [-0.2, -0.15) is 10.1 Å². The second-order valence-corrected chi connectivity index (χ2v) is 7.21. The average molecular weight is 367 g/mol. The number of aromatic nitrogens is 4. The van der Waals surface area contributed by atoms with Gasteiger partial charge in [-0.05, 0) is 48.1 Å². The first-order chi connectivity index (χ1) is 12.8. The van der Waals surface area contributed by atoms with Crippen LogP contribution in [0.25, 0.3) is 5.78 Å². The number of hydrogen-bond acceptors (Lipinski definition) is 5. The van der Waals surface area contributed by atoms with Crippen LogP contribution in [0.2, 0.25) is 0 Å². The zero-order valence-electron chi connectivity index (χ0n) is 16.6. The van der Waals surface area contributed by atoms with Crippen LogP contribution in [0.3, 0.4) is 0 Å². The molecule has 1 amide bonds. The van der Waals surface area contributed by atoms with E-state index in [0.717, 1.165) is 28.3 Å². The molecule has 2 aromatic heterocycles. The number of ether oxygens (including phenoxy) is 1. The number of fused-ring (bicyclic) bond motifs is 1. The van der Waals surface area contributed by atoms with E-state index in [1.165, 1.54) is 6.33 Å². The molecule has 0 saturated carbocycles. The van der Waals surface area contributed by atoms with Crippen molar-refractivity contribution in [3.8, 4) is 5.75 Å². The number of carbonyl (C=O) groups is 1. The molecule has 0 aliphatic carbocycles. The van der Waals surface area contributed by atoms with Crippen LogP contribution in [-0.2, 0) is 0 Å². The van der Waals surface area contributed by atoms with Crippen molar-refractivity contribution in [2.45, 2.75) is 46.5 Å². The second-order valence-electron chi connectivity index (χ2n) is 7.21. The van der Waals surface area contributed by atoms with Gasteiger partial charge >= 0.3 is 0 Å². The minimum Gasteiger partial charge on any atom is -0.496 e. The monoisotopic (exact) mass is 367 g/mol. The van der Waals surface area contributed by atoms with Crippen LogP contribution >= 0.6 is 0 Å². The van der Waals surface area contributed by atoms with Gasteiger partial charge in [0.25, 0.3) is 11.7 Å². The molecule has 142 valence electrons. The Morgan fingerprint density at radius 3 is 2.52 bits per heavy atom. The fourth-order valence-corrected chi connectivity index (χ4v) is 3.01. The van der Waals surface area contributed by atoms with Gasteiger partial charge in [-0.3, -0.25) is 4.79 Å². The van der Waals surface area contributed by atoms with Gasteiger partial charge < -0.3 is 10.1 Å². The first-order valence-electron chi connectivity index (χ1n) is 9.02. The molecule has 7 nitrogen and oxygen atoms in total. The molecule has 0 spiro atoms. The number of aryl methyl sites for hydroxylation is 1. The summed E-state index contributed by atoms with van der Waals surface area (Å²) in [5, 5.41) is 7.17. The van der Waals surface area contributed by atoms with Crippen molar-refractivity contribution in [3.05, 3.63) is 47.0 Å². The van der Waals surface area contributed by atoms with E-state index in [1.807, 2.05) is 32.9 Å². The Labute approximate surface area is 158 Å². The third-order valence-electron chi connectivity index (χ3n) is 4.55. The van der Waals surface area contributed by atoms with E-state index < -0.39 is 0 Å². The summed E-state index contributed by atoms with van der Waals surface area (Å²) in [6.07, 6.45) is 1.44. The van der Waals surface area contributed by atoms with Crippen molar-refractivity contribution in [2.24, 2.45) is 0 Å². The van der Waals surface area contributed by atoms with Gasteiger partial charge in [0, 0.05) is 5.69 Å². The molecule has 1 N–H and O–H groups in total. The van der Waals surface area contributed by atoms with E-state index in [4.69, 9.17) is 4.74 Å². The third-order valence-corrected chi connectivity index (χ3v) is 4.55. The highest BCUT2D eigenvalue weighted by Crippen LogP contribution is 2.32. The summed E-state index contributed by atoms with van der Waals surface area (Å²) in [6, 6.07) is 5.68. The summed E-state index contributed by atoms with van der Waals surface area (Å²) in [5.41, 5.74) is 3.93. The fraction of sp³-hybridized carbons (Fsp3) is 0.400. The topological polar surface area (TPSA) is 81.4 Å². The molecule has 3 aromatic rings. The van der Waals surface area contributed by atoms with Gasteiger partial charge in [0.1, 0.15) is 17.8 Å². The zero-order chi connectivity index (χ0) is 19.7. The summed E-state index contributed by atoms with van der Waals surface area (Å²) in [7, 11) is 1.66. The number of amides is 1. The molecule has 27 heavy (non-hydrogen) atoms. The first-order valence-corrected chi connectivity index (χ1v) is 9.02. The van der Waals surface area contributed by atoms with Crippen LogP contribution in [0.5, 0.6) is 5.75 Å². The summed E-state index contributed by atoms with van der Waals surface area (Å²) in [4.78, 5) is 21.4. The molecule has 0 aliphatic rings. The Kier molecular flexibility index (Phi) is 5.12.